The highest BCUT2D eigenvalue weighted by Gasteiger charge is 2.46. The average Bonchev–Trinajstić information content (AvgIpc) is 3.43. The van der Waals surface area contributed by atoms with E-state index in [1.165, 1.54) is 5.56 Å². The van der Waals surface area contributed by atoms with Gasteiger partial charge in [-0.1, -0.05) is 48.5 Å². The lowest BCUT2D eigenvalue weighted by Crippen LogP contribution is -2.53. The standard InChI is InChI=1S/C21H22N2O2/c1-15-7-5-6-10-19(15)23-12-11-22(14-20(23)24)21(25)18-13-17(18)16-8-3-2-4-9-16/h2-10,17-18H,11-14H2,1H3/t17-,18+/m0/s1. The van der Waals surface area contributed by atoms with E-state index in [1.807, 2.05) is 49.4 Å². The fourth-order valence-electron chi connectivity index (χ4n) is 3.75. The third kappa shape index (κ3) is 3.04. The topological polar surface area (TPSA) is 40.6 Å². The van der Waals surface area contributed by atoms with Crippen LogP contribution in [0, 0.1) is 12.8 Å². The summed E-state index contributed by atoms with van der Waals surface area (Å²) in [5.41, 5.74) is 3.26. The molecule has 2 aromatic carbocycles. The molecule has 25 heavy (non-hydrogen) atoms. The lowest BCUT2D eigenvalue weighted by atomic mass is 10.1. The molecule has 2 amide bonds. The molecule has 2 atom stereocenters. The minimum Gasteiger partial charge on any atom is -0.331 e. The molecule has 2 fully saturated rings. The van der Waals surface area contributed by atoms with Crippen molar-refractivity contribution in [1.82, 2.24) is 4.90 Å². The molecule has 0 bridgehead atoms. The lowest BCUT2D eigenvalue weighted by molar-refractivity contribution is -0.138. The SMILES string of the molecule is Cc1ccccc1N1CCN(C(=O)[C@@H]2C[C@H]2c2ccccc2)CC1=O. The molecule has 2 aliphatic rings. The van der Waals surface area contributed by atoms with Crippen LogP contribution in [-0.2, 0) is 9.59 Å². The molecule has 2 aromatic rings. The number of carbonyl (C=O) groups excluding carboxylic acids is 2. The first-order valence-corrected chi connectivity index (χ1v) is 8.85. The van der Waals surface area contributed by atoms with E-state index in [1.54, 1.807) is 9.80 Å². The van der Waals surface area contributed by atoms with Crippen molar-refractivity contribution < 1.29 is 9.59 Å². The number of nitrogens with zero attached hydrogens (tertiary/aromatic N) is 2. The highest BCUT2D eigenvalue weighted by atomic mass is 16.2. The number of amides is 2. The maximum absolute atomic E-state index is 12.8. The van der Waals surface area contributed by atoms with E-state index in [2.05, 4.69) is 12.1 Å². The van der Waals surface area contributed by atoms with Crippen LogP contribution in [0.1, 0.15) is 23.5 Å². The van der Waals surface area contributed by atoms with Gasteiger partial charge in [0.2, 0.25) is 11.8 Å². The Morgan fingerprint density at radius 1 is 1.00 bits per heavy atom. The molecular weight excluding hydrogens is 312 g/mol. The van der Waals surface area contributed by atoms with Crippen molar-refractivity contribution in [2.24, 2.45) is 5.92 Å². The van der Waals surface area contributed by atoms with E-state index < -0.39 is 0 Å². The van der Waals surface area contributed by atoms with Crippen molar-refractivity contribution in [2.75, 3.05) is 24.5 Å². The first kappa shape index (κ1) is 15.9. The van der Waals surface area contributed by atoms with Crippen LogP contribution in [-0.4, -0.2) is 36.3 Å². The summed E-state index contributed by atoms with van der Waals surface area (Å²) >= 11 is 0. The summed E-state index contributed by atoms with van der Waals surface area (Å²) in [5.74, 6) is 0.496. The fraction of sp³-hybridized carbons (Fsp3) is 0.333. The second-order valence-corrected chi connectivity index (χ2v) is 6.95. The fourth-order valence-corrected chi connectivity index (χ4v) is 3.75. The van der Waals surface area contributed by atoms with E-state index in [0.717, 1.165) is 17.7 Å². The van der Waals surface area contributed by atoms with Gasteiger partial charge in [-0.15, -0.1) is 0 Å². The first-order chi connectivity index (χ1) is 12.1. The van der Waals surface area contributed by atoms with Crippen LogP contribution in [0.3, 0.4) is 0 Å². The number of para-hydroxylation sites is 1. The molecule has 1 aliphatic heterocycles. The number of benzene rings is 2. The van der Waals surface area contributed by atoms with Gasteiger partial charge in [0.05, 0.1) is 0 Å². The van der Waals surface area contributed by atoms with Gasteiger partial charge in [-0.05, 0) is 36.5 Å². The molecule has 0 radical (unpaired) electrons. The number of carbonyl (C=O) groups is 2. The first-order valence-electron chi connectivity index (χ1n) is 8.85. The Morgan fingerprint density at radius 2 is 1.72 bits per heavy atom. The van der Waals surface area contributed by atoms with Gasteiger partial charge in [0.25, 0.3) is 0 Å². The van der Waals surface area contributed by atoms with Gasteiger partial charge in [0.15, 0.2) is 0 Å². The van der Waals surface area contributed by atoms with Gasteiger partial charge in [0.1, 0.15) is 6.54 Å². The summed E-state index contributed by atoms with van der Waals surface area (Å²) in [4.78, 5) is 28.9. The van der Waals surface area contributed by atoms with Crippen LogP contribution < -0.4 is 4.90 Å². The maximum atomic E-state index is 12.8. The highest BCUT2D eigenvalue weighted by Crippen LogP contribution is 2.48. The van der Waals surface area contributed by atoms with Crippen LogP contribution in [0.15, 0.2) is 54.6 Å². The number of piperazine rings is 1. The van der Waals surface area contributed by atoms with Crippen molar-refractivity contribution in [2.45, 2.75) is 19.3 Å². The molecule has 0 aromatic heterocycles. The second kappa shape index (κ2) is 6.36. The van der Waals surface area contributed by atoms with Crippen molar-refractivity contribution in [1.29, 1.82) is 0 Å². The third-order valence-electron chi connectivity index (χ3n) is 5.27. The van der Waals surface area contributed by atoms with Crippen molar-refractivity contribution in [3.63, 3.8) is 0 Å². The number of anilines is 1. The van der Waals surface area contributed by atoms with Crippen LogP contribution in [0.25, 0.3) is 0 Å². The van der Waals surface area contributed by atoms with Gasteiger partial charge >= 0.3 is 0 Å². The van der Waals surface area contributed by atoms with Gasteiger partial charge in [-0.25, -0.2) is 0 Å². The largest absolute Gasteiger partial charge is 0.331 e. The van der Waals surface area contributed by atoms with Gasteiger partial charge < -0.3 is 9.80 Å². The van der Waals surface area contributed by atoms with E-state index in [4.69, 9.17) is 0 Å². The quantitative estimate of drug-likeness (QED) is 0.866. The summed E-state index contributed by atoms with van der Waals surface area (Å²) < 4.78 is 0. The van der Waals surface area contributed by atoms with Crippen LogP contribution in [0.5, 0.6) is 0 Å². The predicted octanol–water partition coefficient (Wildman–Crippen LogP) is 2.97. The number of aryl methyl sites for hydroxylation is 1. The van der Waals surface area contributed by atoms with Gasteiger partial charge in [0, 0.05) is 24.7 Å². The Balaban J connectivity index is 1.41. The number of rotatable bonds is 3. The van der Waals surface area contributed by atoms with E-state index in [-0.39, 0.29) is 24.3 Å². The smallest absolute Gasteiger partial charge is 0.246 e. The second-order valence-electron chi connectivity index (χ2n) is 6.95. The molecule has 128 valence electrons. The van der Waals surface area contributed by atoms with Crippen LogP contribution in [0.4, 0.5) is 5.69 Å². The summed E-state index contributed by atoms with van der Waals surface area (Å²) in [7, 11) is 0. The zero-order valence-electron chi connectivity index (χ0n) is 14.4. The molecule has 4 nitrogen and oxygen atoms in total. The summed E-state index contributed by atoms with van der Waals surface area (Å²) in [6.45, 7) is 3.37. The van der Waals surface area contributed by atoms with Crippen molar-refractivity contribution >= 4 is 17.5 Å². The monoisotopic (exact) mass is 334 g/mol. The molecule has 1 saturated heterocycles. The zero-order chi connectivity index (χ0) is 17.4. The minimum atomic E-state index is 0.00538. The minimum absolute atomic E-state index is 0.00538. The van der Waals surface area contributed by atoms with Gasteiger partial charge in [-0.3, -0.25) is 9.59 Å². The van der Waals surface area contributed by atoms with Crippen molar-refractivity contribution in [3.05, 3.63) is 65.7 Å². The van der Waals surface area contributed by atoms with Crippen LogP contribution >= 0.6 is 0 Å². The molecule has 4 heteroatoms. The Morgan fingerprint density at radius 3 is 2.44 bits per heavy atom. The van der Waals surface area contributed by atoms with Crippen molar-refractivity contribution in [3.8, 4) is 0 Å². The molecule has 4 rings (SSSR count). The Hall–Kier alpha value is -2.62. The third-order valence-corrected chi connectivity index (χ3v) is 5.27. The molecule has 1 heterocycles. The highest BCUT2D eigenvalue weighted by molar-refractivity contribution is 5.99. The molecular formula is C21H22N2O2. The summed E-state index contributed by atoms with van der Waals surface area (Å²) in [6.07, 6.45) is 0.898. The van der Waals surface area contributed by atoms with Crippen LogP contribution in [0.2, 0.25) is 0 Å². The maximum Gasteiger partial charge on any atom is 0.246 e. The molecule has 0 spiro atoms. The summed E-state index contributed by atoms with van der Waals surface area (Å²) in [5, 5.41) is 0. The van der Waals surface area contributed by atoms with E-state index in [9.17, 15) is 9.59 Å². The number of hydrogen-bond acceptors (Lipinski definition) is 2. The average molecular weight is 334 g/mol. The molecule has 1 aliphatic carbocycles. The Kier molecular flexibility index (Phi) is 4.04. The summed E-state index contributed by atoms with van der Waals surface area (Å²) in [6, 6.07) is 18.1. The molecule has 0 N–H and O–H groups in total. The van der Waals surface area contributed by atoms with E-state index in [0.29, 0.717) is 19.0 Å². The molecule has 0 unspecified atom stereocenters. The van der Waals surface area contributed by atoms with E-state index >= 15 is 0 Å². The lowest BCUT2D eigenvalue weighted by Gasteiger charge is -2.35. The Bertz CT molecular complexity index is 803. The Labute approximate surface area is 148 Å². The predicted molar refractivity (Wildman–Crippen MR) is 97.4 cm³/mol. The van der Waals surface area contributed by atoms with Gasteiger partial charge in [-0.2, -0.15) is 0 Å². The number of hydrogen-bond donors (Lipinski definition) is 0. The zero-order valence-corrected chi connectivity index (χ0v) is 14.4. The normalized spacial score (nSPS) is 22.8. The molecule has 1 saturated carbocycles.